The van der Waals surface area contributed by atoms with Gasteiger partial charge in [-0.2, -0.15) is 0 Å². The van der Waals surface area contributed by atoms with E-state index in [2.05, 4.69) is 16.4 Å². The van der Waals surface area contributed by atoms with Gasteiger partial charge in [0.05, 0.1) is 0 Å². The lowest BCUT2D eigenvalue weighted by molar-refractivity contribution is -0.139. The lowest BCUT2D eigenvalue weighted by Gasteiger charge is -2.29. The van der Waals surface area contributed by atoms with Crippen molar-refractivity contribution in [1.29, 1.82) is 0 Å². The van der Waals surface area contributed by atoms with Crippen molar-refractivity contribution < 1.29 is 19.5 Å². The number of aliphatic imine (C=N–C) groups is 1. The first-order chi connectivity index (χ1) is 11.1. The van der Waals surface area contributed by atoms with E-state index < -0.39 is 23.8 Å². The maximum atomic E-state index is 12.4. The van der Waals surface area contributed by atoms with Gasteiger partial charge in [0, 0.05) is 25.9 Å². The third-order valence-electron chi connectivity index (χ3n) is 4.03. The Morgan fingerprint density at radius 3 is 2.87 bits per heavy atom. The van der Waals surface area contributed by atoms with E-state index in [0.717, 1.165) is 24.2 Å². The number of imide groups is 2. The average molecular weight is 321 g/mol. The molecule has 0 aromatic rings. The van der Waals surface area contributed by atoms with Gasteiger partial charge in [-0.1, -0.05) is 11.6 Å². The molecule has 0 spiro atoms. The SMILES string of the molecule is O=C1NC(=O)N(CCC2=CCCCC2)C(=O)[C@@H]1C=NCCCO. The highest BCUT2D eigenvalue weighted by molar-refractivity contribution is 6.23. The Morgan fingerprint density at radius 2 is 2.17 bits per heavy atom. The molecule has 0 aromatic carbocycles. The molecule has 1 aliphatic heterocycles. The summed E-state index contributed by atoms with van der Waals surface area (Å²) in [7, 11) is 0. The molecule has 1 fully saturated rings. The number of urea groups is 1. The van der Waals surface area contributed by atoms with Crippen molar-refractivity contribution >= 4 is 24.1 Å². The Hall–Kier alpha value is -2.02. The summed E-state index contributed by atoms with van der Waals surface area (Å²) in [5.41, 5.74) is 1.27. The number of allylic oxidation sites excluding steroid dienone is 1. The van der Waals surface area contributed by atoms with E-state index in [1.165, 1.54) is 18.2 Å². The molecule has 2 rings (SSSR count). The van der Waals surface area contributed by atoms with Crippen LogP contribution in [0.1, 0.15) is 38.5 Å². The minimum atomic E-state index is -1.06. The van der Waals surface area contributed by atoms with E-state index in [0.29, 0.717) is 19.4 Å². The van der Waals surface area contributed by atoms with Crippen LogP contribution in [-0.4, -0.2) is 53.8 Å². The van der Waals surface area contributed by atoms with E-state index in [1.807, 2.05) is 0 Å². The highest BCUT2D eigenvalue weighted by Crippen LogP contribution is 2.21. The molecule has 0 radical (unpaired) electrons. The number of nitrogens with one attached hydrogen (secondary N) is 1. The Balaban J connectivity index is 1.96. The van der Waals surface area contributed by atoms with Gasteiger partial charge in [0.15, 0.2) is 5.92 Å². The van der Waals surface area contributed by atoms with Crippen molar-refractivity contribution in [3.63, 3.8) is 0 Å². The van der Waals surface area contributed by atoms with Crippen LogP contribution < -0.4 is 5.32 Å². The number of carbonyl (C=O) groups is 3. The molecule has 2 aliphatic rings. The van der Waals surface area contributed by atoms with Crippen molar-refractivity contribution in [3.8, 4) is 0 Å². The topological polar surface area (TPSA) is 99.1 Å². The van der Waals surface area contributed by atoms with Gasteiger partial charge in [0.25, 0.3) is 0 Å². The number of aliphatic hydroxyl groups is 1. The van der Waals surface area contributed by atoms with E-state index >= 15 is 0 Å². The molecule has 7 nitrogen and oxygen atoms in total. The van der Waals surface area contributed by atoms with E-state index in [-0.39, 0.29) is 13.2 Å². The molecule has 1 aliphatic carbocycles. The molecule has 0 aromatic heterocycles. The van der Waals surface area contributed by atoms with Crippen molar-refractivity contribution in [2.24, 2.45) is 10.9 Å². The monoisotopic (exact) mass is 321 g/mol. The number of hydrogen-bond donors (Lipinski definition) is 2. The first-order valence-electron chi connectivity index (χ1n) is 8.08. The quantitative estimate of drug-likeness (QED) is 0.316. The van der Waals surface area contributed by atoms with Crippen molar-refractivity contribution in [1.82, 2.24) is 10.2 Å². The molecule has 23 heavy (non-hydrogen) atoms. The zero-order valence-corrected chi connectivity index (χ0v) is 13.2. The van der Waals surface area contributed by atoms with Crippen molar-refractivity contribution in [2.45, 2.75) is 38.5 Å². The fourth-order valence-electron chi connectivity index (χ4n) is 2.70. The summed E-state index contributed by atoms with van der Waals surface area (Å²) in [6.45, 7) is 0.626. The van der Waals surface area contributed by atoms with Gasteiger partial charge in [0.2, 0.25) is 11.8 Å². The minimum Gasteiger partial charge on any atom is -0.396 e. The van der Waals surface area contributed by atoms with E-state index in [9.17, 15) is 14.4 Å². The fourth-order valence-corrected chi connectivity index (χ4v) is 2.70. The van der Waals surface area contributed by atoms with Crippen LogP contribution in [0.5, 0.6) is 0 Å². The van der Waals surface area contributed by atoms with Gasteiger partial charge >= 0.3 is 6.03 Å². The zero-order valence-electron chi connectivity index (χ0n) is 13.2. The number of carbonyl (C=O) groups excluding carboxylic acids is 3. The molecular weight excluding hydrogens is 298 g/mol. The maximum absolute atomic E-state index is 12.4. The second kappa shape index (κ2) is 8.57. The minimum absolute atomic E-state index is 0.00186. The fraction of sp³-hybridized carbons (Fsp3) is 0.625. The van der Waals surface area contributed by atoms with Gasteiger partial charge in [-0.05, 0) is 38.5 Å². The molecule has 4 amide bonds. The van der Waals surface area contributed by atoms with E-state index in [4.69, 9.17) is 5.11 Å². The van der Waals surface area contributed by atoms with Gasteiger partial charge in [-0.3, -0.25) is 24.8 Å². The summed E-state index contributed by atoms with van der Waals surface area (Å²) in [5, 5.41) is 10.9. The molecular formula is C16H23N3O4. The van der Waals surface area contributed by atoms with Crippen LogP contribution in [0.4, 0.5) is 4.79 Å². The Kier molecular flexibility index (Phi) is 6.46. The number of nitrogens with zero attached hydrogens (tertiary/aromatic N) is 2. The summed E-state index contributed by atoms with van der Waals surface area (Å²) in [4.78, 5) is 41.1. The van der Waals surface area contributed by atoms with Crippen LogP contribution in [0.2, 0.25) is 0 Å². The predicted octanol–water partition coefficient (Wildman–Crippen LogP) is 1.02. The molecule has 0 unspecified atom stereocenters. The summed E-state index contributed by atoms with van der Waals surface area (Å²) in [6.07, 6.45) is 8.96. The predicted molar refractivity (Wildman–Crippen MR) is 85.0 cm³/mol. The van der Waals surface area contributed by atoms with Crippen LogP contribution in [0.15, 0.2) is 16.6 Å². The number of aliphatic hydroxyl groups excluding tert-OH is 1. The van der Waals surface area contributed by atoms with Gasteiger partial charge in [-0.25, -0.2) is 4.79 Å². The van der Waals surface area contributed by atoms with Crippen molar-refractivity contribution in [2.75, 3.05) is 19.7 Å². The zero-order chi connectivity index (χ0) is 16.7. The second-order valence-corrected chi connectivity index (χ2v) is 5.75. The normalized spacial score (nSPS) is 22.5. The number of rotatable bonds is 7. The smallest absolute Gasteiger partial charge is 0.330 e. The van der Waals surface area contributed by atoms with Gasteiger partial charge in [0.1, 0.15) is 0 Å². The molecule has 1 atom stereocenters. The highest BCUT2D eigenvalue weighted by atomic mass is 16.3. The largest absolute Gasteiger partial charge is 0.396 e. The van der Waals surface area contributed by atoms with Crippen LogP contribution in [0.25, 0.3) is 0 Å². The number of hydrogen-bond acceptors (Lipinski definition) is 5. The molecule has 126 valence electrons. The van der Waals surface area contributed by atoms with Gasteiger partial charge in [-0.15, -0.1) is 0 Å². The first kappa shape index (κ1) is 17.3. The van der Waals surface area contributed by atoms with Crippen LogP contribution in [-0.2, 0) is 9.59 Å². The second-order valence-electron chi connectivity index (χ2n) is 5.75. The maximum Gasteiger partial charge on any atom is 0.330 e. The summed E-state index contributed by atoms with van der Waals surface area (Å²) in [6, 6.07) is -0.656. The average Bonchev–Trinajstić information content (AvgIpc) is 2.54. The third kappa shape index (κ3) is 4.72. The van der Waals surface area contributed by atoms with Crippen LogP contribution >= 0.6 is 0 Å². The third-order valence-corrected chi connectivity index (χ3v) is 4.03. The summed E-state index contributed by atoms with van der Waals surface area (Å²) < 4.78 is 0. The summed E-state index contributed by atoms with van der Waals surface area (Å²) in [5.74, 6) is -2.23. The first-order valence-corrected chi connectivity index (χ1v) is 8.08. The molecule has 7 heteroatoms. The Morgan fingerprint density at radius 1 is 1.35 bits per heavy atom. The lowest BCUT2D eigenvalue weighted by atomic mass is 9.97. The Labute approximate surface area is 135 Å². The van der Waals surface area contributed by atoms with E-state index in [1.54, 1.807) is 0 Å². The molecule has 1 heterocycles. The van der Waals surface area contributed by atoms with Crippen LogP contribution in [0, 0.1) is 5.92 Å². The molecule has 1 saturated heterocycles. The summed E-state index contributed by atoms with van der Waals surface area (Å²) >= 11 is 0. The van der Waals surface area contributed by atoms with Gasteiger partial charge < -0.3 is 5.11 Å². The standard InChI is InChI=1S/C16H23N3O4/c20-10-4-8-17-11-13-14(21)18-16(23)19(15(13)22)9-7-12-5-2-1-3-6-12/h5,11,13,20H,1-4,6-10H2,(H,18,21,23)/t13-/m1/s1. The number of barbiturate groups is 1. The molecule has 2 N–H and O–H groups in total. The van der Waals surface area contributed by atoms with Crippen LogP contribution in [0.3, 0.4) is 0 Å². The number of amides is 4. The van der Waals surface area contributed by atoms with Crippen molar-refractivity contribution in [3.05, 3.63) is 11.6 Å². The lowest BCUT2D eigenvalue weighted by Crippen LogP contribution is -2.58. The molecule has 0 bridgehead atoms. The Bertz CT molecular complexity index is 527. The molecule has 0 saturated carbocycles. The highest BCUT2D eigenvalue weighted by Gasteiger charge is 2.39.